The Morgan fingerprint density at radius 1 is 1.50 bits per heavy atom. The van der Waals surface area contributed by atoms with Crippen LogP contribution in [0.15, 0.2) is 0 Å². The molecular weight excluding hydrogens is 207 g/mol. The molecule has 1 unspecified atom stereocenters. The van der Waals surface area contributed by atoms with Crippen molar-refractivity contribution >= 4 is 6.02 Å². The van der Waals surface area contributed by atoms with E-state index in [2.05, 4.69) is 0 Å². The van der Waals surface area contributed by atoms with Crippen LogP contribution in [0.3, 0.4) is 0 Å². The van der Waals surface area contributed by atoms with Gasteiger partial charge in [-0.05, 0) is 19.3 Å². The van der Waals surface area contributed by atoms with E-state index in [1.807, 2.05) is 34.6 Å². The van der Waals surface area contributed by atoms with Crippen molar-refractivity contribution in [3.8, 4) is 0 Å². The number of ether oxygens (including phenoxy) is 1. The van der Waals surface area contributed by atoms with Crippen LogP contribution in [-0.2, 0) is 4.74 Å². The van der Waals surface area contributed by atoms with Crippen LogP contribution in [0, 0.1) is 10.8 Å². The molecule has 1 N–H and O–H groups in total. The number of nitrogens with zero attached hydrogens (tertiary/aromatic N) is 1. The van der Waals surface area contributed by atoms with E-state index in [0.29, 0.717) is 13.0 Å². The molecule has 0 saturated carbocycles. The van der Waals surface area contributed by atoms with Gasteiger partial charge in [-0.3, -0.25) is 5.41 Å². The molecular formula is C12H23FN2O. The van der Waals surface area contributed by atoms with Crippen molar-refractivity contribution < 1.29 is 9.13 Å². The summed E-state index contributed by atoms with van der Waals surface area (Å²) in [7, 11) is 0. The van der Waals surface area contributed by atoms with Gasteiger partial charge in [0.2, 0.25) is 0 Å². The average Bonchev–Trinajstić information content (AvgIpc) is 2.34. The normalized spacial score (nSPS) is 24.6. The molecule has 0 aromatic rings. The summed E-state index contributed by atoms with van der Waals surface area (Å²) < 4.78 is 18.7. The smallest absolute Gasteiger partial charge is 0.284 e. The zero-order valence-corrected chi connectivity index (χ0v) is 10.9. The van der Waals surface area contributed by atoms with Gasteiger partial charge in [0.15, 0.2) is 0 Å². The lowest BCUT2D eigenvalue weighted by Crippen LogP contribution is -2.44. The molecule has 0 aliphatic carbocycles. The zero-order chi connectivity index (χ0) is 12.6. The third kappa shape index (κ3) is 3.35. The van der Waals surface area contributed by atoms with Crippen LogP contribution in [0.5, 0.6) is 0 Å². The fraction of sp³-hybridized carbons (Fsp3) is 0.917. The Hall–Kier alpha value is -0.800. The Bertz CT molecular complexity index is 271. The van der Waals surface area contributed by atoms with Crippen LogP contribution in [0.25, 0.3) is 0 Å². The number of hydrogen-bond acceptors (Lipinski definition) is 2. The SMILES string of the molecule is CC(C)(C)COC(=N)N1CC(F)CC1(C)C. The maximum Gasteiger partial charge on any atom is 0.284 e. The second kappa shape index (κ2) is 4.22. The zero-order valence-electron chi connectivity index (χ0n) is 10.9. The first-order valence-corrected chi connectivity index (χ1v) is 5.75. The minimum Gasteiger partial charge on any atom is -0.465 e. The van der Waals surface area contributed by atoms with E-state index in [4.69, 9.17) is 10.1 Å². The van der Waals surface area contributed by atoms with E-state index < -0.39 is 6.17 Å². The van der Waals surface area contributed by atoms with Crippen LogP contribution < -0.4 is 0 Å². The average molecular weight is 230 g/mol. The van der Waals surface area contributed by atoms with E-state index >= 15 is 0 Å². The summed E-state index contributed by atoms with van der Waals surface area (Å²) in [5, 5.41) is 7.85. The van der Waals surface area contributed by atoms with Crippen LogP contribution in [-0.4, -0.2) is 35.8 Å². The van der Waals surface area contributed by atoms with Crippen molar-refractivity contribution in [2.75, 3.05) is 13.2 Å². The number of rotatable bonds is 1. The van der Waals surface area contributed by atoms with Crippen LogP contribution in [0.2, 0.25) is 0 Å². The molecule has 4 heteroatoms. The minimum absolute atomic E-state index is 0.0191. The topological polar surface area (TPSA) is 36.3 Å². The molecule has 1 rings (SSSR count). The van der Waals surface area contributed by atoms with Crippen molar-refractivity contribution in [3.63, 3.8) is 0 Å². The van der Waals surface area contributed by atoms with Gasteiger partial charge in [0.05, 0.1) is 13.2 Å². The predicted octanol–water partition coefficient (Wildman–Crippen LogP) is 2.81. The molecule has 0 radical (unpaired) electrons. The van der Waals surface area contributed by atoms with E-state index in [9.17, 15) is 4.39 Å². The number of likely N-dealkylation sites (tertiary alicyclic amines) is 1. The monoisotopic (exact) mass is 230 g/mol. The molecule has 1 aliphatic heterocycles. The van der Waals surface area contributed by atoms with E-state index in [1.54, 1.807) is 4.90 Å². The Morgan fingerprint density at radius 3 is 2.44 bits per heavy atom. The number of nitrogens with one attached hydrogen (secondary N) is 1. The van der Waals surface area contributed by atoms with Crippen molar-refractivity contribution in [2.24, 2.45) is 5.41 Å². The molecule has 3 nitrogen and oxygen atoms in total. The summed E-state index contributed by atoms with van der Waals surface area (Å²) in [4.78, 5) is 1.71. The van der Waals surface area contributed by atoms with Crippen LogP contribution >= 0.6 is 0 Å². The highest BCUT2D eigenvalue weighted by atomic mass is 19.1. The highest BCUT2D eigenvalue weighted by molar-refractivity contribution is 5.71. The standard InChI is InChI=1S/C12H23FN2O/c1-11(2,3)8-16-10(14)15-7-9(13)6-12(15,4)5/h9,14H,6-8H2,1-5H3. The Morgan fingerprint density at radius 2 is 2.06 bits per heavy atom. The predicted molar refractivity (Wildman–Crippen MR) is 63.4 cm³/mol. The minimum atomic E-state index is -0.853. The lowest BCUT2D eigenvalue weighted by atomic mass is 9.99. The number of amidine groups is 1. The van der Waals surface area contributed by atoms with Gasteiger partial charge in [-0.2, -0.15) is 0 Å². The molecule has 0 amide bonds. The van der Waals surface area contributed by atoms with Gasteiger partial charge in [-0.15, -0.1) is 0 Å². The maximum absolute atomic E-state index is 13.3. The number of halogens is 1. The first-order valence-electron chi connectivity index (χ1n) is 5.75. The van der Waals surface area contributed by atoms with Gasteiger partial charge in [-0.25, -0.2) is 4.39 Å². The van der Waals surface area contributed by atoms with Gasteiger partial charge in [0, 0.05) is 12.0 Å². The first kappa shape index (κ1) is 13.3. The van der Waals surface area contributed by atoms with Crippen LogP contribution in [0.1, 0.15) is 41.0 Å². The second-order valence-corrected chi connectivity index (χ2v) is 6.38. The molecule has 1 atom stereocenters. The molecule has 0 spiro atoms. The molecule has 0 aromatic heterocycles. The van der Waals surface area contributed by atoms with Crippen LogP contribution in [0.4, 0.5) is 4.39 Å². The fourth-order valence-corrected chi connectivity index (χ4v) is 1.88. The van der Waals surface area contributed by atoms with Gasteiger partial charge >= 0.3 is 0 Å². The Kier molecular flexibility index (Phi) is 3.50. The largest absolute Gasteiger partial charge is 0.465 e. The van der Waals surface area contributed by atoms with Crippen molar-refractivity contribution in [1.82, 2.24) is 4.90 Å². The Balaban J connectivity index is 2.55. The van der Waals surface area contributed by atoms with E-state index in [-0.39, 0.29) is 23.5 Å². The molecule has 16 heavy (non-hydrogen) atoms. The second-order valence-electron chi connectivity index (χ2n) is 6.38. The third-order valence-electron chi connectivity index (χ3n) is 2.72. The summed E-state index contributed by atoms with van der Waals surface area (Å²) in [6.45, 7) is 10.8. The van der Waals surface area contributed by atoms with E-state index in [1.165, 1.54) is 0 Å². The number of hydrogen-bond donors (Lipinski definition) is 1. The summed E-state index contributed by atoms with van der Waals surface area (Å²) in [5.74, 6) is 0. The first-order chi connectivity index (χ1) is 7.12. The third-order valence-corrected chi connectivity index (χ3v) is 2.72. The van der Waals surface area contributed by atoms with Gasteiger partial charge < -0.3 is 9.64 Å². The number of alkyl halides is 1. The molecule has 1 fully saturated rings. The highest BCUT2D eigenvalue weighted by Crippen LogP contribution is 2.30. The molecule has 94 valence electrons. The van der Waals surface area contributed by atoms with Crippen molar-refractivity contribution in [3.05, 3.63) is 0 Å². The van der Waals surface area contributed by atoms with Crippen molar-refractivity contribution in [2.45, 2.75) is 52.8 Å². The summed E-state index contributed by atoms with van der Waals surface area (Å²) >= 11 is 0. The van der Waals surface area contributed by atoms with Gasteiger partial charge in [0.25, 0.3) is 6.02 Å². The molecule has 0 aromatic carbocycles. The fourth-order valence-electron chi connectivity index (χ4n) is 1.88. The lowest BCUT2D eigenvalue weighted by Gasteiger charge is -2.33. The van der Waals surface area contributed by atoms with Gasteiger partial charge in [-0.1, -0.05) is 20.8 Å². The molecule has 1 aliphatic rings. The molecule has 1 heterocycles. The Labute approximate surface area is 97.5 Å². The van der Waals surface area contributed by atoms with Crippen molar-refractivity contribution in [1.29, 1.82) is 5.41 Å². The lowest BCUT2D eigenvalue weighted by molar-refractivity contribution is 0.131. The summed E-state index contributed by atoms with van der Waals surface area (Å²) in [6, 6.07) is 0.0973. The maximum atomic E-state index is 13.3. The molecule has 1 saturated heterocycles. The summed E-state index contributed by atoms with van der Waals surface area (Å²) in [5.41, 5.74) is -0.292. The quantitative estimate of drug-likeness (QED) is 0.555. The van der Waals surface area contributed by atoms with E-state index in [0.717, 1.165) is 0 Å². The summed E-state index contributed by atoms with van der Waals surface area (Å²) in [6.07, 6.45) is -0.387. The van der Waals surface area contributed by atoms with Gasteiger partial charge in [0.1, 0.15) is 6.17 Å². The molecule has 0 bridgehead atoms. The highest BCUT2D eigenvalue weighted by Gasteiger charge is 2.40.